The minimum Gasteiger partial charge on any atom is -0.344 e. The molecule has 0 fully saturated rings. The molecule has 32 heavy (non-hydrogen) atoms. The molecule has 0 spiro atoms. The van der Waals surface area contributed by atoms with Crippen molar-refractivity contribution >= 4 is 40.1 Å². The Balaban J connectivity index is -0.000000231. The average Bonchev–Trinajstić information content (AvgIpc) is 2.30. The lowest BCUT2D eigenvalue weighted by atomic mass is 11.6. The first-order valence-corrected chi connectivity index (χ1v) is 11.2. The van der Waals surface area contributed by atoms with Crippen LogP contribution in [0.5, 0.6) is 0 Å². The highest BCUT2D eigenvalue weighted by molar-refractivity contribution is 8.06. The molecule has 12 nitrogen and oxygen atoms in total. The van der Waals surface area contributed by atoms with Gasteiger partial charge in [-0.05, 0) is 0 Å². The van der Waals surface area contributed by atoms with Crippen LogP contribution < -0.4 is 20.6 Å². The van der Waals surface area contributed by atoms with Crippen molar-refractivity contribution in [2.45, 2.75) is 22.0 Å². The molecule has 28 heteroatoms. The van der Waals surface area contributed by atoms with Crippen molar-refractivity contribution in [1.29, 1.82) is 0 Å². The monoisotopic (exact) mass is 596 g/mol. The summed E-state index contributed by atoms with van der Waals surface area (Å²) < 4.78 is 217. The molecule has 200 valence electrons. The van der Waals surface area contributed by atoms with Gasteiger partial charge in [0.15, 0.2) is 0 Å². The second kappa shape index (κ2) is 10.4. The maximum Gasteiger partial charge on any atom is 0.512 e. The molecule has 0 saturated carbocycles. The molecule has 0 radical (unpaired) electrons. The fourth-order valence-electron chi connectivity index (χ4n) is 0.478. The molecule has 0 atom stereocenters. The van der Waals surface area contributed by atoms with E-state index in [1.165, 1.54) is 0 Å². The van der Waals surface area contributed by atoms with E-state index in [0.717, 1.165) is 0 Å². The third-order valence-electron chi connectivity index (χ3n) is 1.66. The third-order valence-corrected chi connectivity index (χ3v) is 7.61. The van der Waals surface area contributed by atoms with E-state index < -0.39 is 70.4 Å². The summed E-state index contributed by atoms with van der Waals surface area (Å²) in [5.74, 6) is 0. The Morgan fingerprint density at radius 3 is 0.500 bits per heavy atom. The Kier molecular flexibility index (Phi) is 12.4. The normalized spacial score (nSPS) is 14.4. The van der Waals surface area contributed by atoms with Crippen molar-refractivity contribution in [3.05, 3.63) is 0 Å². The number of halogens is 12. The smallest absolute Gasteiger partial charge is 0.344 e. The fraction of sp³-hybridized carbons (Fsp3) is 1.00. The van der Waals surface area contributed by atoms with E-state index in [1.807, 2.05) is 0 Å². The van der Waals surface area contributed by atoms with Crippen LogP contribution in [0.3, 0.4) is 0 Å². The van der Waals surface area contributed by atoms with Crippen molar-refractivity contribution in [2.75, 3.05) is 0 Å². The van der Waals surface area contributed by atoms with E-state index in [0.29, 0.717) is 0 Å². The zero-order valence-corrected chi connectivity index (χ0v) is 17.1. The summed E-state index contributed by atoms with van der Waals surface area (Å²) in [6.07, 6.45) is 0. The number of hydrogen-bond donors (Lipinski definition) is 4. The van der Waals surface area contributed by atoms with Gasteiger partial charge >= 0.3 is 62.1 Å². The largest absolute Gasteiger partial charge is 0.512 e. The molecule has 0 aromatic heterocycles. The summed E-state index contributed by atoms with van der Waals surface area (Å²) in [4.78, 5) is 0. The third kappa shape index (κ3) is 10.2. The lowest BCUT2D eigenvalue weighted by Crippen LogP contribution is -2.45. The lowest BCUT2D eigenvalue weighted by Gasteiger charge is -2.11. The molecule has 0 aliphatic rings. The fourth-order valence-corrected chi connectivity index (χ4v) is 4.30. The molecule has 0 amide bonds. The number of nitrogens with one attached hydrogen (secondary N) is 2. The van der Waals surface area contributed by atoms with Gasteiger partial charge in [-0.3, -0.25) is 0 Å². The molecular weight excluding hydrogens is 588 g/mol. The van der Waals surface area contributed by atoms with Gasteiger partial charge in [-0.2, -0.15) is 52.7 Å². The highest BCUT2D eigenvalue weighted by Crippen LogP contribution is 2.28. The highest BCUT2D eigenvalue weighted by atomic mass is 32.3. The number of hydrogen-bond acceptors (Lipinski definition) is 10. The van der Waals surface area contributed by atoms with Gasteiger partial charge in [0.25, 0.3) is 0 Å². The molecule has 0 aliphatic heterocycles. The Morgan fingerprint density at radius 2 is 0.438 bits per heavy atom. The van der Waals surface area contributed by atoms with Crippen molar-refractivity contribution < 1.29 is 86.4 Å². The van der Waals surface area contributed by atoms with Crippen molar-refractivity contribution in [2.24, 2.45) is 0 Å². The second-order valence-corrected chi connectivity index (χ2v) is 11.2. The summed E-state index contributed by atoms with van der Waals surface area (Å²) in [5.41, 5.74) is -24.6. The summed E-state index contributed by atoms with van der Waals surface area (Å²) >= 11 is 0. The lowest BCUT2D eigenvalue weighted by molar-refractivity contribution is -0.0487. The van der Waals surface area contributed by atoms with Crippen LogP contribution in [0.25, 0.3) is 0 Å². The zero-order valence-electron chi connectivity index (χ0n) is 13.8. The van der Waals surface area contributed by atoms with Gasteiger partial charge in [0, 0.05) is 0 Å². The molecule has 0 aliphatic carbocycles. The molecule has 0 aromatic carbocycles. The van der Waals surface area contributed by atoms with Gasteiger partial charge in [-0.15, -0.1) is 0 Å². The Labute approximate surface area is 169 Å². The summed E-state index contributed by atoms with van der Waals surface area (Å²) in [6.45, 7) is 0. The molecule has 0 unspecified atom stereocenters. The first kappa shape index (κ1) is 38.1. The summed E-state index contributed by atoms with van der Waals surface area (Å²) in [6, 6.07) is 0. The quantitative estimate of drug-likeness (QED) is 0.335. The molecule has 0 saturated heterocycles. The van der Waals surface area contributed by atoms with Crippen molar-refractivity contribution in [1.82, 2.24) is 20.6 Å². The average molecular weight is 596 g/mol. The van der Waals surface area contributed by atoms with Crippen LogP contribution in [0, 0.1) is 0 Å². The van der Waals surface area contributed by atoms with Crippen LogP contribution in [-0.4, -0.2) is 55.7 Å². The molecule has 0 rings (SSSR count). The van der Waals surface area contributed by atoms with Gasteiger partial charge in [-0.1, -0.05) is 8.25 Å². The van der Waals surface area contributed by atoms with Crippen LogP contribution in [0.15, 0.2) is 0 Å². The van der Waals surface area contributed by atoms with E-state index in [9.17, 15) is 86.4 Å². The van der Waals surface area contributed by atoms with E-state index in [2.05, 4.69) is 0 Å². The van der Waals surface area contributed by atoms with Crippen LogP contribution in [0.4, 0.5) is 52.7 Å². The standard InChI is InChI=1S/2C2HF6NO4S2.2H3N/c2*3-1(4,5)14(10,11)9-15(12,13)2(6,7)8;;/h2*9H;2*1H3. The van der Waals surface area contributed by atoms with Crippen LogP contribution >= 0.6 is 0 Å². The first-order chi connectivity index (χ1) is 12.4. The Bertz CT molecular complexity index is 862. The number of rotatable bonds is 4. The zero-order chi connectivity index (χ0) is 25.4. The van der Waals surface area contributed by atoms with E-state index in [-0.39, 0.29) is 12.3 Å². The molecular formula is C4H8F12N4O8S4. The molecule has 0 aromatic rings. The first-order valence-electron chi connectivity index (χ1n) is 5.23. The molecule has 8 N–H and O–H groups in total. The second-order valence-electron chi connectivity index (χ2n) is 3.96. The van der Waals surface area contributed by atoms with Crippen LogP contribution in [0.1, 0.15) is 0 Å². The number of sulfonamides is 4. The maximum atomic E-state index is 11.5. The SMILES string of the molecule is N.N.O=S(=O)(NS(=O)(=O)C(F)(F)F)C(F)(F)F.O=S(=O)(NS(=O)(=O)C(F)(F)F)C(F)(F)F. The van der Waals surface area contributed by atoms with Gasteiger partial charge in [0.05, 0.1) is 0 Å². The number of alkyl halides is 12. The predicted octanol–water partition coefficient (Wildman–Crippen LogP) is 0.874. The topological polar surface area (TPSA) is 231 Å². The highest BCUT2D eigenvalue weighted by Gasteiger charge is 2.56. The Hall–Kier alpha value is -1.20. The Morgan fingerprint density at radius 1 is 0.344 bits per heavy atom. The van der Waals surface area contributed by atoms with Crippen LogP contribution in [-0.2, 0) is 40.1 Å². The predicted molar refractivity (Wildman–Crippen MR) is 76.2 cm³/mol. The van der Waals surface area contributed by atoms with E-state index >= 15 is 0 Å². The van der Waals surface area contributed by atoms with Crippen molar-refractivity contribution in [3.63, 3.8) is 0 Å². The van der Waals surface area contributed by atoms with Crippen LogP contribution in [0.2, 0.25) is 0 Å². The van der Waals surface area contributed by atoms with Gasteiger partial charge in [-0.25, -0.2) is 33.7 Å². The maximum absolute atomic E-state index is 11.5. The summed E-state index contributed by atoms with van der Waals surface area (Å²) in [7, 11) is -26.4. The minimum atomic E-state index is -6.60. The van der Waals surface area contributed by atoms with E-state index in [4.69, 9.17) is 0 Å². The van der Waals surface area contributed by atoms with Gasteiger partial charge in [0.1, 0.15) is 0 Å². The van der Waals surface area contributed by atoms with Gasteiger partial charge < -0.3 is 12.3 Å². The van der Waals surface area contributed by atoms with Gasteiger partial charge in [0.2, 0.25) is 0 Å². The van der Waals surface area contributed by atoms with Crippen molar-refractivity contribution in [3.8, 4) is 0 Å². The van der Waals surface area contributed by atoms with E-state index in [1.54, 1.807) is 0 Å². The molecule has 0 bridgehead atoms. The minimum absolute atomic E-state index is 0. The molecule has 0 heterocycles. The summed E-state index contributed by atoms with van der Waals surface area (Å²) in [5, 5.41) is 0.